The van der Waals surface area contributed by atoms with Crippen molar-refractivity contribution in [1.82, 2.24) is 4.57 Å². The van der Waals surface area contributed by atoms with E-state index in [1.165, 1.54) is 106 Å². The first-order valence-electron chi connectivity index (χ1n) is 18.3. The fourth-order valence-corrected chi connectivity index (χ4v) is 16.3. The van der Waals surface area contributed by atoms with Crippen molar-refractivity contribution < 1.29 is 0 Å². The number of fused-ring (bicyclic) bond motifs is 13. The first-order valence-corrected chi connectivity index (χ1v) is 19.9. The van der Waals surface area contributed by atoms with Gasteiger partial charge in [0.25, 0.3) is 0 Å². The van der Waals surface area contributed by atoms with Crippen molar-refractivity contribution in [2.24, 2.45) is 34.5 Å². The van der Waals surface area contributed by atoms with Gasteiger partial charge in [-0.3, -0.25) is 0 Å². The largest absolute Gasteiger partial charge is 0.307 e. The summed E-state index contributed by atoms with van der Waals surface area (Å²) in [5.74, 6) is 6.96. The van der Waals surface area contributed by atoms with E-state index in [1.54, 1.807) is 22.3 Å². The number of benzene rings is 3. The highest BCUT2D eigenvalue weighted by atomic mass is 79.9. The Morgan fingerprint density at radius 3 is 1.47 bits per heavy atom. The lowest BCUT2D eigenvalue weighted by molar-refractivity contribution is 0.00321. The minimum atomic E-state index is 0.145. The van der Waals surface area contributed by atoms with Crippen molar-refractivity contribution in [3.8, 4) is 5.69 Å². The Hall–Kier alpha value is -1.58. The van der Waals surface area contributed by atoms with Gasteiger partial charge in [0.1, 0.15) is 0 Å². The van der Waals surface area contributed by atoms with Gasteiger partial charge in [-0.25, -0.2) is 0 Å². The first-order chi connectivity index (χ1) is 21.6. The van der Waals surface area contributed by atoms with Gasteiger partial charge < -0.3 is 4.57 Å². The molecule has 10 unspecified atom stereocenters. The van der Waals surface area contributed by atoms with Crippen LogP contribution in [-0.4, -0.2) is 4.57 Å². The second-order valence-electron chi connectivity index (χ2n) is 18.6. The quantitative estimate of drug-likeness (QED) is 0.184. The Kier molecular flexibility index (Phi) is 4.69. The van der Waals surface area contributed by atoms with Gasteiger partial charge in [-0.15, -0.1) is 0 Å². The molecule has 1 heterocycles. The van der Waals surface area contributed by atoms with E-state index in [1.807, 2.05) is 0 Å². The highest BCUT2D eigenvalue weighted by molar-refractivity contribution is 9.11. The maximum Gasteiger partial charge on any atom is 0.0686 e. The van der Waals surface area contributed by atoms with Crippen LogP contribution in [0, 0.1) is 34.5 Å². The van der Waals surface area contributed by atoms with Crippen molar-refractivity contribution in [2.75, 3.05) is 0 Å². The third-order valence-electron chi connectivity index (χ3n) is 16.2. The van der Waals surface area contributed by atoms with E-state index in [9.17, 15) is 0 Å². The zero-order valence-electron chi connectivity index (χ0n) is 26.9. The van der Waals surface area contributed by atoms with E-state index in [0.717, 1.165) is 47.3 Å². The molecule has 8 aliphatic rings. The number of halogens is 2. The molecule has 230 valence electrons. The van der Waals surface area contributed by atoms with Crippen LogP contribution in [0.5, 0.6) is 0 Å². The average Bonchev–Trinajstić information content (AvgIpc) is 3.71. The number of hydrogen-bond acceptors (Lipinski definition) is 0. The van der Waals surface area contributed by atoms with Gasteiger partial charge in [0.15, 0.2) is 0 Å². The summed E-state index contributed by atoms with van der Waals surface area (Å²) >= 11 is 8.88. The third kappa shape index (κ3) is 2.91. The SMILES string of the molecule is CC(C)(C)c1ccc(-n2c3c(Br)c4c(cc3c3cc5c(c(Br)c32)C2CC3CC6CC5CC63C2)C2CC3CC5CC4CC35C2)cc1. The molecule has 0 amide bonds. The fraction of sp³-hybridized carbons (Fsp3) is 0.571. The monoisotopic (exact) mass is 719 g/mol. The maximum atomic E-state index is 4.44. The summed E-state index contributed by atoms with van der Waals surface area (Å²) in [6.45, 7) is 7.00. The molecule has 0 radical (unpaired) electrons. The summed E-state index contributed by atoms with van der Waals surface area (Å²) in [5.41, 5.74) is 13.9. The number of aromatic nitrogens is 1. The van der Waals surface area contributed by atoms with Crippen LogP contribution in [0.4, 0.5) is 0 Å². The van der Waals surface area contributed by atoms with E-state index in [2.05, 4.69) is 93.6 Å². The third-order valence-corrected chi connectivity index (χ3v) is 17.8. The molecule has 4 aromatic rings. The molecule has 0 saturated heterocycles. The van der Waals surface area contributed by atoms with Crippen LogP contribution in [0.25, 0.3) is 27.5 Å². The fourth-order valence-electron chi connectivity index (χ4n) is 14.4. The van der Waals surface area contributed by atoms with Gasteiger partial charge in [0.2, 0.25) is 0 Å². The van der Waals surface area contributed by atoms with Gasteiger partial charge in [0, 0.05) is 25.4 Å². The van der Waals surface area contributed by atoms with Crippen LogP contribution in [0.1, 0.15) is 136 Å². The van der Waals surface area contributed by atoms with Crippen LogP contribution in [0.2, 0.25) is 0 Å². The number of nitrogens with zero attached hydrogens (tertiary/aromatic N) is 1. The lowest BCUT2D eigenvalue weighted by Gasteiger charge is -2.48. The number of rotatable bonds is 1. The highest BCUT2D eigenvalue weighted by Gasteiger charge is 2.67. The normalized spacial score (nSPS) is 40.7. The second kappa shape index (κ2) is 7.99. The first kappa shape index (κ1) is 26.4. The topological polar surface area (TPSA) is 4.93 Å². The molecule has 0 N–H and O–H groups in total. The van der Waals surface area contributed by atoms with Crippen LogP contribution in [-0.2, 0) is 5.41 Å². The molecule has 6 saturated carbocycles. The molecule has 8 aliphatic carbocycles. The molecule has 1 aromatic heterocycles. The van der Waals surface area contributed by atoms with E-state index in [4.69, 9.17) is 0 Å². The van der Waals surface area contributed by atoms with Crippen molar-refractivity contribution in [3.63, 3.8) is 0 Å². The van der Waals surface area contributed by atoms with Gasteiger partial charge in [-0.1, -0.05) is 32.9 Å². The Balaban J connectivity index is 1.18. The summed E-state index contributed by atoms with van der Waals surface area (Å²) in [7, 11) is 0. The standard InChI is InChI=1S/C42H43Br2N/c1-40(2,3)24-4-6-29(7-5-24)45-38-32(14-30-20-8-25-12-27-10-22(34(30)36(38)43)18-41(25,27)16-20)33-15-31-21-9-26-13-28-11-23(19-42(26,28)17-21)35(31)37(44)39(33)45/h4-7,14-15,20-23,25-28H,8-13,16-19H2,1-3H3. The van der Waals surface area contributed by atoms with Crippen molar-refractivity contribution in [1.29, 1.82) is 0 Å². The molecule has 0 aliphatic heterocycles. The summed E-state index contributed by atoms with van der Waals surface area (Å²) in [6, 6.07) is 15.1. The molecular formula is C42H43Br2N. The Morgan fingerprint density at radius 2 is 1.02 bits per heavy atom. The molecule has 6 fully saturated rings. The summed E-state index contributed by atoms with van der Waals surface area (Å²) < 4.78 is 5.52. The minimum Gasteiger partial charge on any atom is -0.307 e. The van der Waals surface area contributed by atoms with E-state index in [-0.39, 0.29) is 5.41 Å². The zero-order chi connectivity index (χ0) is 29.9. The molecule has 10 atom stereocenters. The molecule has 2 spiro atoms. The van der Waals surface area contributed by atoms with E-state index in [0.29, 0.717) is 10.8 Å². The van der Waals surface area contributed by atoms with Gasteiger partial charge >= 0.3 is 0 Å². The Labute approximate surface area is 284 Å². The molecule has 1 nitrogen and oxygen atoms in total. The van der Waals surface area contributed by atoms with E-state index < -0.39 is 0 Å². The predicted molar refractivity (Wildman–Crippen MR) is 191 cm³/mol. The maximum absolute atomic E-state index is 4.44. The predicted octanol–water partition coefficient (Wildman–Crippen LogP) is 12.4. The van der Waals surface area contributed by atoms with Crippen LogP contribution in [0.15, 0.2) is 45.3 Å². The van der Waals surface area contributed by atoms with Crippen LogP contribution < -0.4 is 0 Å². The lowest BCUT2D eigenvalue weighted by Crippen LogP contribution is -2.41. The molecule has 12 rings (SSSR count). The molecule has 6 bridgehead atoms. The average molecular weight is 722 g/mol. The van der Waals surface area contributed by atoms with Gasteiger partial charge in [-0.05, 0) is 212 Å². The second-order valence-corrected chi connectivity index (χ2v) is 20.2. The van der Waals surface area contributed by atoms with Crippen molar-refractivity contribution in [3.05, 3.63) is 73.2 Å². The van der Waals surface area contributed by atoms with Gasteiger partial charge in [0.05, 0.1) is 11.0 Å². The number of hydrogen-bond donors (Lipinski definition) is 0. The molecular weight excluding hydrogens is 678 g/mol. The Bertz CT molecular complexity index is 1930. The van der Waals surface area contributed by atoms with Crippen LogP contribution in [0.3, 0.4) is 0 Å². The summed E-state index contributed by atoms with van der Waals surface area (Å²) in [4.78, 5) is 0. The molecule has 45 heavy (non-hydrogen) atoms. The lowest BCUT2D eigenvalue weighted by atomic mass is 9.56. The van der Waals surface area contributed by atoms with Crippen molar-refractivity contribution >= 4 is 53.7 Å². The van der Waals surface area contributed by atoms with Crippen molar-refractivity contribution in [2.45, 2.75) is 114 Å². The summed E-state index contributed by atoms with van der Waals surface area (Å²) in [6.07, 6.45) is 14.6. The van der Waals surface area contributed by atoms with E-state index >= 15 is 0 Å². The smallest absolute Gasteiger partial charge is 0.0686 e. The Morgan fingerprint density at radius 1 is 0.600 bits per heavy atom. The molecule has 3 heteroatoms. The minimum absolute atomic E-state index is 0.145. The van der Waals surface area contributed by atoms with Crippen LogP contribution >= 0.6 is 31.9 Å². The van der Waals surface area contributed by atoms with Gasteiger partial charge in [-0.2, -0.15) is 0 Å². The zero-order valence-corrected chi connectivity index (χ0v) is 30.0. The summed E-state index contributed by atoms with van der Waals surface area (Å²) in [5, 5.41) is 2.99. The highest BCUT2D eigenvalue weighted by Crippen LogP contribution is 2.78. The molecule has 3 aromatic carbocycles.